The number of amides is 1. The molecule has 0 unspecified atom stereocenters. The van der Waals surface area contributed by atoms with Gasteiger partial charge in [0.1, 0.15) is 12.4 Å². The maximum absolute atomic E-state index is 12.5. The fourth-order valence-electron chi connectivity index (χ4n) is 3.48. The van der Waals surface area contributed by atoms with E-state index in [1.165, 1.54) is 11.8 Å². The molecule has 7 nitrogen and oxygen atoms in total. The fraction of sp³-hybridized carbons (Fsp3) is 0.296. The van der Waals surface area contributed by atoms with Crippen molar-refractivity contribution in [2.75, 3.05) is 26.0 Å². The summed E-state index contributed by atoms with van der Waals surface area (Å²) in [5, 5.41) is 13.6. The summed E-state index contributed by atoms with van der Waals surface area (Å²) >= 11 is 1.50. The highest BCUT2D eigenvalue weighted by Gasteiger charge is 2.17. The lowest BCUT2D eigenvalue weighted by atomic mass is 10.0. The number of carbonyl (C=O) groups excluding carboxylic acids is 1. The van der Waals surface area contributed by atoms with Crippen LogP contribution in [0.25, 0.3) is 11.1 Å². The van der Waals surface area contributed by atoms with Crippen LogP contribution >= 0.6 is 11.8 Å². The van der Waals surface area contributed by atoms with Crippen molar-refractivity contribution in [2.24, 2.45) is 0 Å². The largest absolute Gasteiger partial charge is 0.492 e. The van der Waals surface area contributed by atoms with Gasteiger partial charge in [0.15, 0.2) is 0 Å². The molecule has 3 aromatic rings. The van der Waals surface area contributed by atoms with E-state index in [9.17, 15) is 18.3 Å². The summed E-state index contributed by atoms with van der Waals surface area (Å²) in [6.45, 7) is 5.53. The quantitative estimate of drug-likeness (QED) is 0.239. The molecule has 0 aromatic heterocycles. The molecule has 3 aromatic carbocycles. The van der Waals surface area contributed by atoms with Crippen LogP contribution in [-0.4, -0.2) is 50.6 Å². The maximum atomic E-state index is 12.5. The van der Waals surface area contributed by atoms with Crippen LogP contribution in [0, 0.1) is 0 Å². The van der Waals surface area contributed by atoms with E-state index >= 15 is 0 Å². The van der Waals surface area contributed by atoms with Crippen LogP contribution in [0.4, 0.5) is 0 Å². The smallest absolute Gasteiger partial charge is 0.265 e. The minimum absolute atomic E-state index is 0.211. The highest BCUT2D eigenvalue weighted by atomic mass is 32.2. The zero-order valence-corrected chi connectivity index (χ0v) is 22.2. The molecule has 3 rings (SSSR count). The predicted molar refractivity (Wildman–Crippen MR) is 145 cm³/mol. The highest BCUT2D eigenvalue weighted by Crippen LogP contribution is 2.32. The number of hydrogen-bond donors (Lipinski definition) is 3. The van der Waals surface area contributed by atoms with E-state index in [0.29, 0.717) is 30.2 Å². The number of ether oxygens (including phenoxy) is 1. The van der Waals surface area contributed by atoms with Crippen LogP contribution in [0.2, 0.25) is 0 Å². The van der Waals surface area contributed by atoms with Crippen LogP contribution in [0.1, 0.15) is 35.9 Å². The molecule has 3 N–H and O–H groups in total. The predicted octanol–water partition coefficient (Wildman–Crippen LogP) is 4.25. The molecule has 0 radical (unpaired) electrons. The first-order valence-electron chi connectivity index (χ1n) is 11.6. The molecule has 192 valence electrons. The lowest BCUT2D eigenvalue weighted by molar-refractivity contribution is 0.0979. The van der Waals surface area contributed by atoms with E-state index in [4.69, 9.17) is 4.74 Å². The summed E-state index contributed by atoms with van der Waals surface area (Å²) in [5.74, 6) is 0.0888. The summed E-state index contributed by atoms with van der Waals surface area (Å²) in [7, 11) is -3.65. The van der Waals surface area contributed by atoms with Crippen molar-refractivity contribution in [3.63, 3.8) is 0 Å². The molecule has 1 atom stereocenters. The van der Waals surface area contributed by atoms with Gasteiger partial charge in [-0.1, -0.05) is 62.4 Å². The van der Waals surface area contributed by atoms with Crippen LogP contribution in [0.3, 0.4) is 0 Å². The first-order valence-corrected chi connectivity index (χ1v) is 14.4. The van der Waals surface area contributed by atoms with Gasteiger partial charge in [-0.25, -0.2) is 13.1 Å². The van der Waals surface area contributed by atoms with Crippen molar-refractivity contribution < 1.29 is 23.1 Å². The monoisotopic (exact) mass is 528 g/mol. The number of rotatable bonds is 12. The van der Waals surface area contributed by atoms with Gasteiger partial charge < -0.3 is 15.2 Å². The number of hydrogen-bond acceptors (Lipinski definition) is 7. The van der Waals surface area contributed by atoms with Gasteiger partial charge in [-0.3, -0.25) is 4.79 Å². The van der Waals surface area contributed by atoms with Crippen molar-refractivity contribution in [3.05, 3.63) is 83.9 Å². The Labute approximate surface area is 217 Å². The molecule has 0 saturated carbocycles. The number of benzene rings is 3. The number of thioether (sulfide) groups is 1. The highest BCUT2D eigenvalue weighted by molar-refractivity contribution is 8.00. The Morgan fingerprint density at radius 2 is 1.67 bits per heavy atom. The third-order valence-electron chi connectivity index (χ3n) is 5.12. The zero-order chi connectivity index (χ0) is 26.1. The number of sulfonamides is 1. The molecule has 0 fully saturated rings. The Hall–Kier alpha value is -2.85. The number of aliphatic hydroxyl groups is 1. The standard InChI is InChI=1S/C27H32N2O5S2/c1-19(2)35-26-17-22(11-14-24(26)27(31)29-36(3,32)33)20-9-12-23(13-10-20)34-16-15-28-18-25(30)21-7-5-4-6-8-21/h4-14,17,19,25,28,30H,15-16,18H2,1-3H3,(H,29,31)/t25-/m0/s1. The van der Waals surface area contributed by atoms with Crippen LogP contribution in [0.15, 0.2) is 77.7 Å². The summed E-state index contributed by atoms with van der Waals surface area (Å²) in [6, 6.07) is 22.5. The fourth-order valence-corrected chi connectivity index (χ4v) is 4.92. The summed E-state index contributed by atoms with van der Waals surface area (Å²) in [4.78, 5) is 13.2. The minimum atomic E-state index is -3.65. The van der Waals surface area contributed by atoms with E-state index in [0.717, 1.165) is 28.7 Å². The number of carbonyl (C=O) groups is 1. The van der Waals surface area contributed by atoms with Gasteiger partial charge in [0, 0.05) is 23.2 Å². The van der Waals surface area contributed by atoms with Gasteiger partial charge >= 0.3 is 0 Å². The van der Waals surface area contributed by atoms with Crippen molar-refractivity contribution in [3.8, 4) is 16.9 Å². The van der Waals surface area contributed by atoms with E-state index in [1.54, 1.807) is 12.1 Å². The molecule has 0 aliphatic heterocycles. The van der Waals surface area contributed by atoms with Gasteiger partial charge in [-0.2, -0.15) is 0 Å². The Morgan fingerprint density at radius 3 is 2.31 bits per heavy atom. The van der Waals surface area contributed by atoms with Crippen molar-refractivity contribution >= 4 is 27.7 Å². The van der Waals surface area contributed by atoms with Crippen molar-refractivity contribution in [1.29, 1.82) is 0 Å². The van der Waals surface area contributed by atoms with Gasteiger partial charge in [0.05, 0.1) is 17.9 Å². The molecule has 0 aliphatic carbocycles. The molecule has 0 saturated heterocycles. The van der Waals surface area contributed by atoms with Crippen LogP contribution < -0.4 is 14.8 Å². The lowest BCUT2D eigenvalue weighted by Gasteiger charge is -2.14. The molecular formula is C27H32N2O5S2. The molecule has 0 aliphatic rings. The third-order valence-corrected chi connectivity index (χ3v) is 6.74. The van der Waals surface area contributed by atoms with E-state index < -0.39 is 22.0 Å². The normalized spacial score (nSPS) is 12.4. The third kappa shape index (κ3) is 8.67. The van der Waals surface area contributed by atoms with Gasteiger partial charge in [-0.15, -0.1) is 11.8 Å². The van der Waals surface area contributed by atoms with Crippen molar-refractivity contribution in [2.45, 2.75) is 30.1 Å². The van der Waals surface area contributed by atoms with Crippen molar-refractivity contribution in [1.82, 2.24) is 10.0 Å². The molecular weight excluding hydrogens is 496 g/mol. The van der Waals surface area contributed by atoms with Gasteiger partial charge in [0.25, 0.3) is 5.91 Å². The Morgan fingerprint density at radius 1 is 1.00 bits per heavy atom. The summed E-state index contributed by atoms with van der Waals surface area (Å²) in [6.07, 6.45) is 0.399. The summed E-state index contributed by atoms with van der Waals surface area (Å²) in [5.41, 5.74) is 3.07. The molecule has 0 heterocycles. The Kier molecular flexibility index (Phi) is 9.95. The molecule has 1 amide bonds. The van der Waals surface area contributed by atoms with Gasteiger partial charge in [0.2, 0.25) is 10.0 Å². The Bertz CT molecular complexity index is 1250. The summed E-state index contributed by atoms with van der Waals surface area (Å²) < 4.78 is 30.8. The molecule has 0 bridgehead atoms. The topological polar surface area (TPSA) is 105 Å². The minimum Gasteiger partial charge on any atom is -0.492 e. The van der Waals surface area contributed by atoms with Crippen LogP contribution in [-0.2, 0) is 10.0 Å². The maximum Gasteiger partial charge on any atom is 0.265 e. The molecule has 0 spiro atoms. The first kappa shape index (κ1) is 27.7. The van der Waals surface area contributed by atoms with Gasteiger partial charge in [-0.05, 0) is 41.0 Å². The average Bonchev–Trinajstić information content (AvgIpc) is 2.83. The second-order valence-corrected chi connectivity index (χ2v) is 12.0. The van der Waals surface area contributed by atoms with E-state index in [1.807, 2.05) is 79.2 Å². The Balaban J connectivity index is 1.58. The lowest BCUT2D eigenvalue weighted by Crippen LogP contribution is -2.29. The number of nitrogens with one attached hydrogen (secondary N) is 2. The van der Waals surface area contributed by atoms with Crippen LogP contribution in [0.5, 0.6) is 5.75 Å². The average molecular weight is 529 g/mol. The second-order valence-electron chi connectivity index (χ2n) is 8.58. The zero-order valence-electron chi connectivity index (χ0n) is 20.6. The van der Waals surface area contributed by atoms with E-state index in [2.05, 4.69) is 5.32 Å². The molecule has 9 heteroatoms. The SMILES string of the molecule is CC(C)Sc1cc(-c2ccc(OCCNC[C@H](O)c3ccccc3)cc2)ccc1C(=O)NS(C)(=O)=O. The number of aliphatic hydroxyl groups excluding tert-OH is 1. The molecule has 36 heavy (non-hydrogen) atoms. The van der Waals surface area contributed by atoms with E-state index in [-0.39, 0.29) is 5.25 Å². The second kappa shape index (κ2) is 12.9. The first-order chi connectivity index (χ1) is 17.1.